The number of benzene rings is 1. The van der Waals surface area contributed by atoms with E-state index in [4.69, 9.17) is 4.74 Å². The first-order valence-corrected chi connectivity index (χ1v) is 13.9. The van der Waals surface area contributed by atoms with Crippen LogP contribution in [0.4, 0.5) is 18.9 Å². The molecule has 3 heterocycles. The molecule has 0 saturated carbocycles. The number of halogens is 3. The molecule has 0 bridgehead atoms. The number of rotatable bonds is 7. The monoisotopic (exact) mass is 549 g/mol. The van der Waals surface area contributed by atoms with Crippen LogP contribution in [-0.4, -0.2) is 98.6 Å². The molecule has 2 aliphatic rings. The molecule has 8 nitrogen and oxygen atoms in total. The van der Waals surface area contributed by atoms with Crippen LogP contribution in [0, 0.1) is 0 Å². The van der Waals surface area contributed by atoms with Gasteiger partial charge in [-0.1, -0.05) is 18.2 Å². The molecular formula is C23H30F3N3O5S2. The molecule has 0 spiro atoms. The SMILES string of the molecule is CC(O)(c1ccc(N2CCN(S(=O)(=O)c3cccs3)C[C@@H]2CN2CCO[C@@H](CO)C2)cc1)C(F)(F)F. The third-order valence-electron chi connectivity index (χ3n) is 6.74. The molecule has 36 heavy (non-hydrogen) atoms. The maximum Gasteiger partial charge on any atom is 0.421 e. The minimum Gasteiger partial charge on any atom is -0.394 e. The average Bonchev–Trinajstić information content (AvgIpc) is 3.40. The van der Waals surface area contributed by atoms with Crippen LogP contribution in [0.15, 0.2) is 46.0 Å². The van der Waals surface area contributed by atoms with Crippen LogP contribution >= 0.6 is 11.3 Å². The summed E-state index contributed by atoms with van der Waals surface area (Å²) in [6.07, 6.45) is -5.15. The summed E-state index contributed by atoms with van der Waals surface area (Å²) >= 11 is 1.15. The van der Waals surface area contributed by atoms with Crippen LogP contribution in [0.25, 0.3) is 0 Å². The number of hydrogen-bond donors (Lipinski definition) is 2. The van der Waals surface area contributed by atoms with Crippen molar-refractivity contribution < 1.29 is 36.5 Å². The smallest absolute Gasteiger partial charge is 0.394 e. The molecule has 4 rings (SSSR count). The van der Waals surface area contributed by atoms with Crippen molar-refractivity contribution in [3.05, 3.63) is 47.3 Å². The number of ether oxygens (including phenoxy) is 1. The van der Waals surface area contributed by atoms with Crippen LogP contribution in [0.2, 0.25) is 0 Å². The van der Waals surface area contributed by atoms with Gasteiger partial charge in [-0.05, 0) is 36.1 Å². The average molecular weight is 550 g/mol. The molecular weight excluding hydrogens is 519 g/mol. The lowest BCUT2D eigenvalue weighted by molar-refractivity contribution is -0.258. The summed E-state index contributed by atoms with van der Waals surface area (Å²) in [4.78, 5) is 4.10. The van der Waals surface area contributed by atoms with E-state index in [0.29, 0.717) is 38.5 Å². The second-order valence-electron chi connectivity index (χ2n) is 9.19. The zero-order chi connectivity index (χ0) is 26.1. The highest BCUT2D eigenvalue weighted by Crippen LogP contribution is 2.39. The Morgan fingerprint density at radius 3 is 2.44 bits per heavy atom. The molecule has 0 amide bonds. The highest BCUT2D eigenvalue weighted by atomic mass is 32.2. The number of aliphatic hydroxyl groups excluding tert-OH is 1. The van der Waals surface area contributed by atoms with Gasteiger partial charge >= 0.3 is 6.18 Å². The van der Waals surface area contributed by atoms with Gasteiger partial charge in [0.1, 0.15) is 4.21 Å². The van der Waals surface area contributed by atoms with Gasteiger partial charge in [-0.3, -0.25) is 4.90 Å². The minimum atomic E-state index is -4.82. The summed E-state index contributed by atoms with van der Waals surface area (Å²) in [7, 11) is -3.67. The van der Waals surface area contributed by atoms with Crippen molar-refractivity contribution in [3.8, 4) is 0 Å². The van der Waals surface area contributed by atoms with Gasteiger partial charge in [-0.25, -0.2) is 8.42 Å². The number of aliphatic hydroxyl groups is 2. The Kier molecular flexibility index (Phi) is 8.01. The van der Waals surface area contributed by atoms with Crippen molar-refractivity contribution in [3.63, 3.8) is 0 Å². The quantitative estimate of drug-likeness (QED) is 0.547. The molecule has 0 radical (unpaired) electrons. The van der Waals surface area contributed by atoms with Crippen LogP contribution in [0.5, 0.6) is 0 Å². The van der Waals surface area contributed by atoms with Crippen LogP contribution in [0.3, 0.4) is 0 Å². The lowest BCUT2D eigenvalue weighted by Gasteiger charge is -2.45. The molecule has 2 N–H and O–H groups in total. The van der Waals surface area contributed by atoms with Crippen molar-refractivity contribution in [1.82, 2.24) is 9.21 Å². The molecule has 2 aliphatic heterocycles. The summed E-state index contributed by atoms with van der Waals surface area (Å²) in [6.45, 7) is 3.40. The fourth-order valence-electron chi connectivity index (χ4n) is 4.57. The summed E-state index contributed by atoms with van der Waals surface area (Å²) < 4.78 is 73.5. The van der Waals surface area contributed by atoms with Crippen molar-refractivity contribution in [2.24, 2.45) is 0 Å². The zero-order valence-corrected chi connectivity index (χ0v) is 21.4. The topological polar surface area (TPSA) is 93.6 Å². The Morgan fingerprint density at radius 2 is 1.83 bits per heavy atom. The Bertz CT molecular complexity index is 1110. The Labute approximate surface area is 212 Å². The standard InChI is InChI=1S/C23H30F3N3O5S2/c1-22(31,23(24,25)26)17-4-6-18(7-5-17)29-9-8-28(36(32,33)21-3-2-12-35-21)14-19(29)13-27-10-11-34-20(15-27)16-30/h2-7,12,19-20,30-31H,8-11,13-16H2,1H3/t19-,20+,22?/m0/s1. The molecule has 2 fully saturated rings. The molecule has 2 aromatic rings. The number of alkyl halides is 3. The molecule has 3 atom stereocenters. The maximum atomic E-state index is 13.3. The first kappa shape index (κ1) is 27.3. The predicted octanol–water partition coefficient (Wildman–Crippen LogP) is 2.09. The maximum absolute atomic E-state index is 13.3. The fraction of sp³-hybridized carbons (Fsp3) is 0.565. The number of anilines is 1. The Hall–Kier alpha value is -1.74. The van der Waals surface area contributed by atoms with Gasteiger partial charge in [0.05, 0.1) is 25.4 Å². The predicted molar refractivity (Wildman–Crippen MR) is 130 cm³/mol. The zero-order valence-electron chi connectivity index (χ0n) is 19.8. The van der Waals surface area contributed by atoms with Crippen LogP contribution in [0.1, 0.15) is 12.5 Å². The van der Waals surface area contributed by atoms with Crippen molar-refractivity contribution >= 4 is 27.0 Å². The Balaban J connectivity index is 1.59. The van der Waals surface area contributed by atoms with Crippen molar-refractivity contribution in [2.75, 3.05) is 57.4 Å². The molecule has 13 heteroatoms. The van der Waals surface area contributed by atoms with Gasteiger partial charge in [0.25, 0.3) is 10.0 Å². The molecule has 1 aromatic heterocycles. The van der Waals surface area contributed by atoms with Crippen molar-refractivity contribution in [2.45, 2.75) is 35.1 Å². The number of nitrogens with zero attached hydrogens (tertiary/aromatic N) is 3. The Morgan fingerprint density at radius 1 is 1.11 bits per heavy atom. The third kappa shape index (κ3) is 5.57. The van der Waals surface area contributed by atoms with Crippen LogP contribution in [-0.2, 0) is 20.4 Å². The first-order valence-electron chi connectivity index (χ1n) is 11.6. The molecule has 1 unspecified atom stereocenters. The minimum absolute atomic E-state index is 0.121. The van der Waals surface area contributed by atoms with E-state index in [1.807, 2.05) is 4.90 Å². The molecule has 0 aliphatic carbocycles. The van der Waals surface area contributed by atoms with Gasteiger partial charge < -0.3 is 19.8 Å². The van der Waals surface area contributed by atoms with Crippen molar-refractivity contribution in [1.29, 1.82) is 0 Å². The van der Waals surface area contributed by atoms with E-state index in [0.717, 1.165) is 18.3 Å². The summed E-state index contributed by atoms with van der Waals surface area (Å²) in [5.74, 6) is 0. The molecule has 1 aromatic carbocycles. The van der Waals surface area contributed by atoms with E-state index in [1.165, 1.54) is 28.6 Å². The largest absolute Gasteiger partial charge is 0.421 e. The van der Waals surface area contributed by atoms with Gasteiger partial charge in [0.15, 0.2) is 5.60 Å². The van der Waals surface area contributed by atoms with Crippen LogP contribution < -0.4 is 4.90 Å². The summed E-state index contributed by atoms with van der Waals surface area (Å²) in [5, 5.41) is 21.2. The number of sulfonamides is 1. The summed E-state index contributed by atoms with van der Waals surface area (Å²) in [6, 6.07) is 8.53. The van der Waals surface area contributed by atoms with Gasteiger partial charge in [-0.15, -0.1) is 11.3 Å². The first-order chi connectivity index (χ1) is 16.9. The highest BCUT2D eigenvalue weighted by molar-refractivity contribution is 7.91. The van der Waals surface area contributed by atoms with E-state index >= 15 is 0 Å². The van der Waals surface area contributed by atoms with E-state index in [9.17, 15) is 31.8 Å². The molecule has 2 saturated heterocycles. The van der Waals surface area contributed by atoms with E-state index < -0.39 is 21.8 Å². The second kappa shape index (κ2) is 10.6. The number of morpholine rings is 1. The van der Waals surface area contributed by atoms with Gasteiger partial charge in [0.2, 0.25) is 0 Å². The normalized spacial score (nSPS) is 24.6. The lowest BCUT2D eigenvalue weighted by Crippen LogP contribution is -2.59. The number of hydrogen-bond acceptors (Lipinski definition) is 8. The van der Waals surface area contributed by atoms with Gasteiger partial charge in [-0.2, -0.15) is 17.5 Å². The van der Waals surface area contributed by atoms with Gasteiger partial charge in [0, 0.05) is 45.0 Å². The second-order valence-corrected chi connectivity index (χ2v) is 12.3. The fourth-order valence-corrected chi connectivity index (χ4v) is 7.19. The lowest BCUT2D eigenvalue weighted by atomic mass is 9.95. The highest BCUT2D eigenvalue weighted by Gasteiger charge is 2.51. The van der Waals surface area contributed by atoms with E-state index in [2.05, 4.69) is 4.90 Å². The summed E-state index contributed by atoms with van der Waals surface area (Å²) in [5.41, 5.74) is -2.61. The molecule has 200 valence electrons. The third-order valence-corrected chi connectivity index (χ3v) is 9.98. The number of piperazine rings is 1. The number of thiophene rings is 1. The van der Waals surface area contributed by atoms with E-state index in [-0.39, 0.29) is 41.6 Å². The van der Waals surface area contributed by atoms with E-state index in [1.54, 1.807) is 17.5 Å².